The predicted octanol–water partition coefficient (Wildman–Crippen LogP) is 2.63. The molecule has 3 heteroatoms. The van der Waals surface area contributed by atoms with Crippen molar-refractivity contribution in [3.63, 3.8) is 0 Å². The Kier molecular flexibility index (Phi) is 2.57. The lowest BCUT2D eigenvalue weighted by Crippen LogP contribution is -2.41. The Bertz CT molecular complexity index is 397. The van der Waals surface area contributed by atoms with E-state index in [0.29, 0.717) is 5.41 Å². The Balaban J connectivity index is 1.91. The average molecular weight is 281 g/mol. The van der Waals surface area contributed by atoms with E-state index in [9.17, 15) is 0 Å². The summed E-state index contributed by atoms with van der Waals surface area (Å²) in [4.78, 5) is 0. The zero-order valence-electron chi connectivity index (χ0n) is 9.32. The number of nitrogens with zero attached hydrogens (tertiary/aromatic N) is 1. The number of piperidine rings is 1. The first kappa shape index (κ1) is 10.8. The van der Waals surface area contributed by atoms with Crippen molar-refractivity contribution in [1.29, 1.82) is 0 Å². The Hall–Kier alpha value is -0.380. The number of fused-ring (bicyclic) bond motifs is 1. The number of nitrogens with two attached hydrogens (primary N) is 1. The average Bonchev–Trinajstić information content (AvgIpc) is 2.58. The lowest BCUT2D eigenvalue weighted by molar-refractivity contribution is 0.142. The van der Waals surface area contributed by atoms with E-state index in [-0.39, 0.29) is 6.04 Å². The van der Waals surface area contributed by atoms with Crippen LogP contribution in [0.1, 0.15) is 30.0 Å². The zero-order valence-corrected chi connectivity index (χ0v) is 10.9. The minimum atomic E-state index is 0.241. The van der Waals surface area contributed by atoms with Crippen LogP contribution in [0.4, 0.5) is 0 Å². The fraction of sp³-hybridized carbons (Fsp3) is 0.538. The van der Waals surface area contributed by atoms with Gasteiger partial charge in [0.1, 0.15) is 0 Å². The summed E-state index contributed by atoms with van der Waals surface area (Å²) >= 11 is 3.57. The van der Waals surface area contributed by atoms with E-state index < -0.39 is 0 Å². The lowest BCUT2D eigenvalue weighted by atomic mass is 9.73. The quantitative estimate of drug-likeness (QED) is 0.741. The molecule has 1 unspecified atom stereocenters. The van der Waals surface area contributed by atoms with Gasteiger partial charge in [-0.1, -0.05) is 24.3 Å². The van der Waals surface area contributed by atoms with Crippen molar-refractivity contribution in [2.75, 3.05) is 13.1 Å². The molecule has 0 amide bonds. The molecule has 86 valence electrons. The van der Waals surface area contributed by atoms with Gasteiger partial charge in [0.15, 0.2) is 0 Å². The van der Waals surface area contributed by atoms with Crippen molar-refractivity contribution in [1.82, 2.24) is 3.93 Å². The molecular formula is C13H17BrN2. The molecule has 0 aromatic heterocycles. The van der Waals surface area contributed by atoms with E-state index in [1.165, 1.54) is 30.4 Å². The van der Waals surface area contributed by atoms with Crippen LogP contribution in [0.3, 0.4) is 0 Å². The zero-order chi connectivity index (χ0) is 11.2. The second kappa shape index (κ2) is 3.83. The number of hydrogen-bond donors (Lipinski definition) is 1. The molecule has 2 N–H and O–H groups in total. The second-order valence-corrected chi connectivity index (χ2v) is 6.13. The fourth-order valence-electron chi connectivity index (χ4n) is 3.23. The summed E-state index contributed by atoms with van der Waals surface area (Å²) in [6.07, 6.45) is 3.58. The van der Waals surface area contributed by atoms with Gasteiger partial charge < -0.3 is 5.73 Å². The second-order valence-electron chi connectivity index (χ2n) is 5.13. The Morgan fingerprint density at radius 1 is 1.25 bits per heavy atom. The Morgan fingerprint density at radius 3 is 2.62 bits per heavy atom. The summed E-state index contributed by atoms with van der Waals surface area (Å²) in [6.45, 7) is 2.23. The van der Waals surface area contributed by atoms with E-state index in [1.54, 1.807) is 0 Å². The first-order valence-electron chi connectivity index (χ1n) is 5.95. The third kappa shape index (κ3) is 1.53. The van der Waals surface area contributed by atoms with Crippen LogP contribution in [0.5, 0.6) is 0 Å². The summed E-state index contributed by atoms with van der Waals surface area (Å²) in [5, 5.41) is 0. The van der Waals surface area contributed by atoms with Crippen LogP contribution >= 0.6 is 16.1 Å². The van der Waals surface area contributed by atoms with E-state index in [4.69, 9.17) is 5.73 Å². The van der Waals surface area contributed by atoms with Gasteiger partial charge in [0.05, 0.1) is 0 Å². The van der Waals surface area contributed by atoms with Gasteiger partial charge in [-0.3, -0.25) is 0 Å². The number of rotatable bonds is 0. The topological polar surface area (TPSA) is 29.3 Å². The summed E-state index contributed by atoms with van der Waals surface area (Å²) < 4.78 is 2.23. The van der Waals surface area contributed by atoms with E-state index in [0.717, 1.165) is 13.1 Å². The molecule has 1 aliphatic carbocycles. The molecule has 1 aliphatic heterocycles. The van der Waals surface area contributed by atoms with Crippen molar-refractivity contribution in [3.05, 3.63) is 35.4 Å². The summed E-state index contributed by atoms with van der Waals surface area (Å²) in [5.41, 5.74) is 9.65. The van der Waals surface area contributed by atoms with Gasteiger partial charge in [0.2, 0.25) is 0 Å². The minimum Gasteiger partial charge on any atom is -0.323 e. The highest BCUT2D eigenvalue weighted by Gasteiger charge is 2.45. The van der Waals surface area contributed by atoms with Gasteiger partial charge in [-0.2, -0.15) is 0 Å². The van der Waals surface area contributed by atoms with Crippen molar-refractivity contribution in [3.8, 4) is 0 Å². The van der Waals surface area contributed by atoms with Gasteiger partial charge in [-0.15, -0.1) is 0 Å². The normalized spacial score (nSPS) is 28.2. The Labute approximate surface area is 105 Å². The molecule has 1 fully saturated rings. The number of halogens is 1. The largest absolute Gasteiger partial charge is 0.323 e. The molecule has 1 heterocycles. The maximum atomic E-state index is 6.47. The van der Waals surface area contributed by atoms with Crippen LogP contribution in [0, 0.1) is 5.41 Å². The first-order valence-corrected chi connectivity index (χ1v) is 6.66. The van der Waals surface area contributed by atoms with Crippen LogP contribution in [-0.2, 0) is 6.42 Å². The fourth-order valence-corrected chi connectivity index (χ4v) is 3.58. The highest BCUT2D eigenvalue weighted by Crippen LogP contribution is 2.50. The van der Waals surface area contributed by atoms with Crippen LogP contribution in [0.15, 0.2) is 24.3 Å². The summed E-state index contributed by atoms with van der Waals surface area (Å²) in [5.74, 6) is 0. The van der Waals surface area contributed by atoms with Crippen molar-refractivity contribution < 1.29 is 0 Å². The van der Waals surface area contributed by atoms with Crippen molar-refractivity contribution in [2.24, 2.45) is 11.1 Å². The van der Waals surface area contributed by atoms with E-state index in [1.807, 2.05) is 0 Å². The van der Waals surface area contributed by atoms with Crippen LogP contribution in [0.2, 0.25) is 0 Å². The monoisotopic (exact) mass is 280 g/mol. The van der Waals surface area contributed by atoms with Crippen LogP contribution < -0.4 is 5.73 Å². The lowest BCUT2D eigenvalue weighted by Gasteiger charge is -2.40. The van der Waals surface area contributed by atoms with Gasteiger partial charge in [0.25, 0.3) is 0 Å². The predicted molar refractivity (Wildman–Crippen MR) is 69.2 cm³/mol. The Morgan fingerprint density at radius 2 is 1.94 bits per heavy atom. The molecular weight excluding hydrogens is 264 g/mol. The van der Waals surface area contributed by atoms with E-state index >= 15 is 0 Å². The molecule has 0 bridgehead atoms. The smallest absolute Gasteiger partial charge is 0.0359 e. The molecule has 16 heavy (non-hydrogen) atoms. The van der Waals surface area contributed by atoms with Crippen molar-refractivity contribution >= 4 is 16.1 Å². The molecule has 1 spiro atoms. The highest BCUT2D eigenvalue weighted by molar-refractivity contribution is 9.07. The molecule has 1 aromatic carbocycles. The molecule has 1 atom stereocenters. The van der Waals surface area contributed by atoms with Gasteiger partial charge >= 0.3 is 0 Å². The van der Waals surface area contributed by atoms with Gasteiger partial charge in [0, 0.05) is 35.3 Å². The molecule has 2 nitrogen and oxygen atoms in total. The third-order valence-corrected chi connectivity index (χ3v) is 5.01. The summed E-state index contributed by atoms with van der Waals surface area (Å²) in [7, 11) is 0. The van der Waals surface area contributed by atoms with Gasteiger partial charge in [-0.25, -0.2) is 3.93 Å². The van der Waals surface area contributed by atoms with Crippen molar-refractivity contribution in [2.45, 2.75) is 25.3 Å². The van der Waals surface area contributed by atoms with Gasteiger partial charge in [-0.05, 0) is 35.8 Å². The third-order valence-electron chi connectivity index (χ3n) is 4.30. The highest BCUT2D eigenvalue weighted by atomic mass is 79.9. The molecule has 2 aliphatic rings. The first-order chi connectivity index (χ1) is 7.71. The minimum absolute atomic E-state index is 0.241. The maximum Gasteiger partial charge on any atom is 0.0359 e. The SMILES string of the molecule is NC1c2ccccc2CC12CCN(Br)CC2. The number of hydrogen-bond acceptors (Lipinski definition) is 2. The molecule has 0 saturated carbocycles. The standard InChI is InChI=1S/C13H17BrN2/c14-16-7-5-13(6-8-16)9-10-3-1-2-4-11(10)12(13)15/h1-4,12H,5-9,15H2. The van der Waals surface area contributed by atoms with Crippen LogP contribution in [-0.4, -0.2) is 17.0 Å². The molecule has 3 rings (SSSR count). The molecule has 0 radical (unpaired) electrons. The molecule has 1 aromatic rings. The summed E-state index contributed by atoms with van der Waals surface area (Å²) in [6, 6.07) is 8.92. The van der Waals surface area contributed by atoms with Crippen LogP contribution in [0.25, 0.3) is 0 Å². The maximum absolute atomic E-state index is 6.47. The molecule has 1 saturated heterocycles. The number of benzene rings is 1. The van der Waals surface area contributed by atoms with E-state index in [2.05, 4.69) is 44.3 Å².